The van der Waals surface area contributed by atoms with Crippen molar-refractivity contribution in [3.05, 3.63) is 176 Å². The molecule has 0 amide bonds. The second-order valence-corrected chi connectivity index (χ2v) is 12.9. The second-order valence-electron chi connectivity index (χ2n) is 12.9. The van der Waals surface area contributed by atoms with Gasteiger partial charge in [0, 0.05) is 56.4 Å². The number of pyridine rings is 2. The van der Waals surface area contributed by atoms with Crippen molar-refractivity contribution in [2.75, 3.05) is 0 Å². The molecular weight excluding hydrogens is 635 g/mol. The van der Waals surface area contributed by atoms with Gasteiger partial charge in [0.2, 0.25) is 0 Å². The van der Waals surface area contributed by atoms with Gasteiger partial charge >= 0.3 is 0 Å². The number of fused-ring (bicyclic) bond motifs is 8. The van der Waals surface area contributed by atoms with Crippen molar-refractivity contribution in [1.29, 1.82) is 0 Å². The molecule has 0 aliphatic rings. The van der Waals surface area contributed by atoms with Crippen molar-refractivity contribution in [3.8, 4) is 56.5 Å². The molecule has 242 valence electrons. The molecule has 0 radical (unpaired) electrons. The number of nitrogens with zero attached hydrogens (tertiary/aromatic N) is 5. The molecule has 7 aromatic carbocycles. The molecule has 0 atom stereocenters. The van der Waals surface area contributed by atoms with Gasteiger partial charge in [-0.05, 0) is 45.3 Å². The fourth-order valence-electron chi connectivity index (χ4n) is 7.34. The third kappa shape index (κ3) is 5.07. The number of hydrogen-bond acceptors (Lipinski definition) is 5. The Balaban J connectivity index is 1.26. The minimum Gasteiger partial charge on any atom is -0.264 e. The molecule has 0 aliphatic carbocycles. The summed E-state index contributed by atoms with van der Waals surface area (Å²) in [4.78, 5) is 24.9. The first kappa shape index (κ1) is 29.8. The van der Waals surface area contributed by atoms with E-state index in [4.69, 9.17) is 19.9 Å². The summed E-state index contributed by atoms with van der Waals surface area (Å²) in [6, 6.07) is 56.6. The normalized spacial score (nSPS) is 11.5. The van der Waals surface area contributed by atoms with Crippen LogP contribution in [0.2, 0.25) is 0 Å². The standard InChI is InChI=1S/C47H29N5/c1-3-13-30(14-4-1)45-50-46(31-15-5-2-6-16-31)52-47(51-45)34-18-11-17-33(27-34)44-43-39-23-10-8-21-37(39)36-20-7-9-22-38(36)42(43)40-25-24-32(28-41(40)49-44)35-19-12-26-48-29-35/h1-29H. The van der Waals surface area contributed by atoms with Crippen molar-refractivity contribution in [2.45, 2.75) is 0 Å². The molecule has 3 heterocycles. The number of benzene rings is 7. The summed E-state index contributed by atoms with van der Waals surface area (Å²) in [6.45, 7) is 0. The summed E-state index contributed by atoms with van der Waals surface area (Å²) in [5.74, 6) is 1.86. The predicted octanol–water partition coefficient (Wildman–Crippen LogP) is 11.6. The maximum Gasteiger partial charge on any atom is 0.164 e. The van der Waals surface area contributed by atoms with Crippen LogP contribution in [0.4, 0.5) is 0 Å². The molecule has 0 aliphatic heterocycles. The first-order chi connectivity index (χ1) is 25.8. The van der Waals surface area contributed by atoms with E-state index in [2.05, 4.69) is 102 Å². The highest BCUT2D eigenvalue weighted by atomic mass is 15.0. The van der Waals surface area contributed by atoms with E-state index in [0.29, 0.717) is 17.5 Å². The third-order valence-corrected chi connectivity index (χ3v) is 9.76. The average Bonchev–Trinajstić information content (AvgIpc) is 3.24. The summed E-state index contributed by atoms with van der Waals surface area (Å²) in [5, 5.41) is 8.22. The van der Waals surface area contributed by atoms with Crippen LogP contribution in [0.3, 0.4) is 0 Å². The summed E-state index contributed by atoms with van der Waals surface area (Å²) >= 11 is 0. The fraction of sp³-hybridized carbons (Fsp3) is 0. The van der Waals surface area contributed by atoms with Gasteiger partial charge in [0.15, 0.2) is 17.5 Å². The zero-order valence-corrected chi connectivity index (χ0v) is 28.0. The highest BCUT2D eigenvalue weighted by Crippen LogP contribution is 2.43. The molecule has 0 spiro atoms. The lowest BCUT2D eigenvalue weighted by atomic mass is 9.89. The average molecular weight is 664 g/mol. The van der Waals surface area contributed by atoms with Crippen LogP contribution >= 0.6 is 0 Å². The van der Waals surface area contributed by atoms with Crippen LogP contribution in [-0.4, -0.2) is 24.9 Å². The van der Waals surface area contributed by atoms with Gasteiger partial charge in [-0.1, -0.05) is 146 Å². The van der Waals surface area contributed by atoms with Crippen LogP contribution in [0.1, 0.15) is 0 Å². The van der Waals surface area contributed by atoms with E-state index < -0.39 is 0 Å². The molecule has 0 fully saturated rings. The van der Waals surface area contributed by atoms with Crippen LogP contribution in [0.5, 0.6) is 0 Å². The molecule has 52 heavy (non-hydrogen) atoms. The Kier molecular flexibility index (Phi) is 7.07. The van der Waals surface area contributed by atoms with E-state index in [9.17, 15) is 0 Å². The molecule has 0 bridgehead atoms. The number of rotatable bonds is 5. The third-order valence-electron chi connectivity index (χ3n) is 9.76. The topological polar surface area (TPSA) is 64.5 Å². The quantitative estimate of drug-likeness (QED) is 0.171. The molecule has 10 aromatic rings. The van der Waals surface area contributed by atoms with Crippen molar-refractivity contribution < 1.29 is 0 Å². The Morgan fingerprint density at radius 1 is 0.308 bits per heavy atom. The first-order valence-corrected chi connectivity index (χ1v) is 17.3. The first-order valence-electron chi connectivity index (χ1n) is 17.3. The maximum absolute atomic E-state index is 5.51. The molecule has 0 N–H and O–H groups in total. The van der Waals surface area contributed by atoms with Gasteiger partial charge in [-0.3, -0.25) is 4.98 Å². The second kappa shape index (κ2) is 12.3. The Bertz CT molecular complexity index is 2890. The molecule has 5 heteroatoms. The molecule has 0 saturated heterocycles. The molecule has 5 nitrogen and oxygen atoms in total. The minimum atomic E-state index is 0.605. The maximum atomic E-state index is 5.51. The molecule has 0 unspecified atom stereocenters. The van der Waals surface area contributed by atoms with Crippen molar-refractivity contribution in [2.24, 2.45) is 0 Å². The smallest absolute Gasteiger partial charge is 0.164 e. The van der Waals surface area contributed by atoms with E-state index in [1.165, 1.54) is 26.9 Å². The lowest BCUT2D eigenvalue weighted by Crippen LogP contribution is -2.00. The van der Waals surface area contributed by atoms with Gasteiger partial charge in [0.1, 0.15) is 0 Å². The lowest BCUT2D eigenvalue weighted by molar-refractivity contribution is 1.07. The Hall–Kier alpha value is -7.11. The fourth-order valence-corrected chi connectivity index (χ4v) is 7.34. The van der Waals surface area contributed by atoms with E-state index >= 15 is 0 Å². The Morgan fingerprint density at radius 3 is 1.48 bits per heavy atom. The zero-order valence-electron chi connectivity index (χ0n) is 28.0. The summed E-state index contributed by atoms with van der Waals surface area (Å²) in [5.41, 5.74) is 7.70. The number of aromatic nitrogens is 5. The molecule has 3 aromatic heterocycles. The zero-order chi connectivity index (χ0) is 34.4. The SMILES string of the molecule is c1ccc(-c2nc(-c3ccccc3)nc(-c3cccc(-c4nc5cc(-c6cccnc6)ccc5c5c6ccccc6c6ccccc6c45)c3)n2)cc1. The van der Waals surface area contributed by atoms with E-state index in [1.54, 1.807) is 6.20 Å². The van der Waals surface area contributed by atoms with Gasteiger partial charge in [-0.2, -0.15) is 0 Å². The molecular formula is C47H29N5. The highest BCUT2D eigenvalue weighted by Gasteiger charge is 2.19. The van der Waals surface area contributed by atoms with E-state index in [-0.39, 0.29) is 0 Å². The van der Waals surface area contributed by atoms with Crippen molar-refractivity contribution in [1.82, 2.24) is 24.9 Å². The Morgan fingerprint density at radius 2 is 0.846 bits per heavy atom. The van der Waals surface area contributed by atoms with E-state index in [1.807, 2.05) is 72.9 Å². The lowest BCUT2D eigenvalue weighted by Gasteiger charge is -2.17. The van der Waals surface area contributed by atoms with Gasteiger partial charge in [-0.15, -0.1) is 0 Å². The predicted molar refractivity (Wildman–Crippen MR) is 213 cm³/mol. The summed E-state index contributed by atoms with van der Waals surface area (Å²) < 4.78 is 0. The van der Waals surface area contributed by atoms with Gasteiger partial charge in [-0.25, -0.2) is 19.9 Å². The van der Waals surface area contributed by atoms with Crippen molar-refractivity contribution in [3.63, 3.8) is 0 Å². The van der Waals surface area contributed by atoms with Gasteiger partial charge < -0.3 is 0 Å². The van der Waals surface area contributed by atoms with Crippen LogP contribution in [0, 0.1) is 0 Å². The monoisotopic (exact) mass is 663 g/mol. The molecule has 10 rings (SSSR count). The van der Waals surface area contributed by atoms with Gasteiger partial charge in [0.25, 0.3) is 0 Å². The van der Waals surface area contributed by atoms with Crippen LogP contribution in [-0.2, 0) is 0 Å². The number of hydrogen-bond donors (Lipinski definition) is 0. The Labute approximate surface area is 300 Å². The molecule has 0 saturated carbocycles. The van der Waals surface area contributed by atoms with Crippen LogP contribution in [0.15, 0.2) is 176 Å². The highest BCUT2D eigenvalue weighted by molar-refractivity contribution is 6.33. The summed E-state index contributed by atoms with van der Waals surface area (Å²) in [7, 11) is 0. The summed E-state index contributed by atoms with van der Waals surface area (Å²) in [6.07, 6.45) is 3.70. The van der Waals surface area contributed by atoms with E-state index in [0.717, 1.165) is 55.4 Å². The van der Waals surface area contributed by atoms with Gasteiger partial charge in [0.05, 0.1) is 11.2 Å². The van der Waals surface area contributed by atoms with Crippen LogP contribution < -0.4 is 0 Å². The van der Waals surface area contributed by atoms with Crippen molar-refractivity contribution >= 4 is 43.2 Å². The van der Waals surface area contributed by atoms with Crippen LogP contribution in [0.25, 0.3) is 99.8 Å². The largest absolute Gasteiger partial charge is 0.264 e. The minimum absolute atomic E-state index is 0.605.